The monoisotopic (exact) mass is 812 g/mol. The normalized spacial score (nSPS) is 16.9. The van der Waals surface area contributed by atoms with E-state index in [1.165, 1.54) is 18.3 Å². The van der Waals surface area contributed by atoms with E-state index in [0.29, 0.717) is 48.5 Å². The van der Waals surface area contributed by atoms with Gasteiger partial charge in [0, 0.05) is 23.5 Å². The first kappa shape index (κ1) is 44.5. The lowest BCUT2D eigenvalue weighted by Gasteiger charge is -2.37. The molecule has 3 aromatic heterocycles. The van der Waals surface area contributed by atoms with Crippen LogP contribution in [0.4, 0.5) is 25.2 Å². The molecule has 3 aromatic rings. The van der Waals surface area contributed by atoms with Crippen LogP contribution >= 0.6 is 7.82 Å². The molecular formula is C36H47F2N4O13P. The van der Waals surface area contributed by atoms with Gasteiger partial charge in [0.1, 0.15) is 23.8 Å². The number of carbonyl (C=O) groups is 2. The molecule has 56 heavy (non-hydrogen) atoms. The first-order valence-corrected chi connectivity index (χ1v) is 19.3. The molecular weight excluding hydrogens is 765 g/mol. The lowest BCUT2D eigenvalue weighted by Crippen LogP contribution is -2.37. The van der Waals surface area contributed by atoms with Gasteiger partial charge in [-0.25, -0.2) is 28.1 Å². The van der Waals surface area contributed by atoms with E-state index in [9.17, 15) is 28.0 Å². The number of aryl methyl sites for hydroxylation is 1. The standard InChI is InChI=1S/C36H47F2N4O13P/c1-24-19-29(41-32(20-24)42-31-21-26(33(37)38)9-10-39-31)27-5-8-30(40-22-27)36(2,45)28-6-3-25(4-7-28)34(43)53-23-54-35(44)52-17-15-50-13-11-49-12-14-51-16-18-55-56(46,47)48/h5,8-10,19-22,25,28,33,45H,3-4,6-7,11-18,23H2,1-2H3,(H,39,41,42)(H2,46,47,48)/t25?,28?,36-/m1/s1. The number of halogens is 2. The summed E-state index contributed by atoms with van der Waals surface area (Å²) < 4.78 is 71.5. The summed E-state index contributed by atoms with van der Waals surface area (Å²) >= 11 is 0. The van der Waals surface area contributed by atoms with Crippen LogP contribution in [0.3, 0.4) is 0 Å². The number of anilines is 2. The molecule has 1 saturated carbocycles. The summed E-state index contributed by atoms with van der Waals surface area (Å²) in [5, 5.41) is 14.5. The van der Waals surface area contributed by atoms with E-state index in [4.69, 9.17) is 38.2 Å². The maximum Gasteiger partial charge on any atom is 0.511 e. The van der Waals surface area contributed by atoms with Crippen molar-refractivity contribution in [1.82, 2.24) is 15.0 Å². The van der Waals surface area contributed by atoms with Crippen LogP contribution in [0.5, 0.6) is 0 Å². The summed E-state index contributed by atoms with van der Waals surface area (Å²) in [6.45, 7) is 3.60. The fourth-order valence-corrected chi connectivity index (χ4v) is 6.16. The zero-order chi connectivity index (χ0) is 40.6. The Balaban J connectivity index is 1.10. The number of carbonyl (C=O) groups excluding carboxylic acids is 2. The summed E-state index contributed by atoms with van der Waals surface area (Å²) in [5.74, 6) is -0.459. The molecule has 0 aromatic carbocycles. The molecule has 17 nitrogen and oxygen atoms in total. The van der Waals surface area contributed by atoms with Gasteiger partial charge in [-0.15, -0.1) is 0 Å². The van der Waals surface area contributed by atoms with Gasteiger partial charge in [-0.05, 0) is 87.4 Å². The third kappa shape index (κ3) is 15.0. The van der Waals surface area contributed by atoms with Gasteiger partial charge in [0.2, 0.25) is 6.79 Å². The van der Waals surface area contributed by atoms with Crippen molar-refractivity contribution in [2.24, 2.45) is 11.8 Å². The molecule has 0 spiro atoms. The summed E-state index contributed by atoms with van der Waals surface area (Å²) in [6.07, 6.45) is 1.26. The SMILES string of the molecule is Cc1cc(Nc2cc(C(F)F)ccn2)nc(-c2ccc([C@](C)(O)C3CCC(C(=O)OCOC(=O)OCCOCCOCCOCCOP(=O)(O)O)CC3)nc2)c1. The topological polar surface area (TPSA) is 227 Å². The van der Waals surface area contributed by atoms with Crippen molar-refractivity contribution in [2.75, 3.05) is 65.0 Å². The van der Waals surface area contributed by atoms with Crippen molar-refractivity contribution in [3.63, 3.8) is 0 Å². The Labute approximate surface area is 322 Å². The van der Waals surface area contributed by atoms with Crippen LogP contribution in [-0.2, 0) is 47.9 Å². The second-order valence-electron chi connectivity index (χ2n) is 12.9. The number of aliphatic hydroxyl groups is 1. The number of aromatic nitrogens is 3. The van der Waals surface area contributed by atoms with Crippen LogP contribution < -0.4 is 5.32 Å². The van der Waals surface area contributed by atoms with Crippen LogP contribution in [0.1, 0.15) is 55.9 Å². The van der Waals surface area contributed by atoms with Gasteiger partial charge in [0.15, 0.2) is 0 Å². The van der Waals surface area contributed by atoms with Gasteiger partial charge in [0.25, 0.3) is 6.43 Å². The molecule has 1 aliphatic rings. The molecule has 4 rings (SSSR count). The van der Waals surface area contributed by atoms with Gasteiger partial charge in [-0.2, -0.15) is 0 Å². The quantitative estimate of drug-likeness (QED) is 0.0434. The number of hydrogen-bond donors (Lipinski definition) is 4. The van der Waals surface area contributed by atoms with Crippen LogP contribution in [0.15, 0.2) is 48.8 Å². The fourth-order valence-electron chi connectivity index (χ4n) is 5.84. The van der Waals surface area contributed by atoms with E-state index >= 15 is 0 Å². The molecule has 0 radical (unpaired) electrons. The third-order valence-electron chi connectivity index (χ3n) is 8.75. The number of esters is 1. The van der Waals surface area contributed by atoms with Crippen molar-refractivity contribution < 1.29 is 70.8 Å². The van der Waals surface area contributed by atoms with Crippen molar-refractivity contribution in [3.8, 4) is 11.3 Å². The number of phosphoric acid groups is 1. The highest BCUT2D eigenvalue weighted by atomic mass is 31.2. The average Bonchev–Trinajstić information content (AvgIpc) is 3.16. The molecule has 4 N–H and O–H groups in total. The highest BCUT2D eigenvalue weighted by Crippen LogP contribution is 2.41. The van der Waals surface area contributed by atoms with Crippen LogP contribution in [0.2, 0.25) is 0 Å². The molecule has 308 valence electrons. The first-order valence-electron chi connectivity index (χ1n) is 17.8. The van der Waals surface area contributed by atoms with Crippen LogP contribution in [0, 0.1) is 18.8 Å². The largest absolute Gasteiger partial charge is 0.511 e. The van der Waals surface area contributed by atoms with E-state index in [0.717, 1.165) is 5.56 Å². The fraction of sp³-hybridized carbons (Fsp3) is 0.528. The molecule has 20 heteroatoms. The molecule has 0 aliphatic heterocycles. The Morgan fingerprint density at radius 3 is 2.16 bits per heavy atom. The third-order valence-corrected chi connectivity index (χ3v) is 9.27. The highest BCUT2D eigenvalue weighted by molar-refractivity contribution is 7.46. The van der Waals surface area contributed by atoms with Gasteiger partial charge >= 0.3 is 19.9 Å². The van der Waals surface area contributed by atoms with Gasteiger partial charge in [-0.3, -0.25) is 14.3 Å². The number of nitrogens with zero attached hydrogens (tertiary/aromatic N) is 3. The van der Waals surface area contributed by atoms with E-state index in [1.54, 1.807) is 31.3 Å². The van der Waals surface area contributed by atoms with E-state index in [-0.39, 0.29) is 70.2 Å². The number of phosphoric ester groups is 1. The second kappa shape index (κ2) is 21.9. The molecule has 1 atom stereocenters. The van der Waals surface area contributed by atoms with E-state index < -0.39 is 44.7 Å². The minimum absolute atomic E-state index is 0.00413. The smallest absolute Gasteiger partial charge is 0.432 e. The Morgan fingerprint density at radius 1 is 0.875 bits per heavy atom. The van der Waals surface area contributed by atoms with Crippen LogP contribution in [0.25, 0.3) is 11.3 Å². The number of hydrogen-bond acceptors (Lipinski definition) is 15. The zero-order valence-corrected chi connectivity index (χ0v) is 31.9. The van der Waals surface area contributed by atoms with Crippen molar-refractivity contribution in [1.29, 1.82) is 0 Å². The summed E-state index contributed by atoms with van der Waals surface area (Å²) in [6, 6.07) is 9.69. The number of rotatable bonds is 22. The molecule has 0 saturated heterocycles. The van der Waals surface area contributed by atoms with Crippen molar-refractivity contribution in [3.05, 3.63) is 65.6 Å². The molecule has 3 heterocycles. The minimum atomic E-state index is -4.50. The summed E-state index contributed by atoms with van der Waals surface area (Å²) in [4.78, 5) is 54.8. The van der Waals surface area contributed by atoms with Gasteiger partial charge in [0.05, 0.1) is 63.6 Å². The van der Waals surface area contributed by atoms with E-state index in [2.05, 4.69) is 24.8 Å². The van der Waals surface area contributed by atoms with E-state index in [1.807, 2.05) is 13.0 Å². The zero-order valence-electron chi connectivity index (χ0n) is 31.0. The van der Waals surface area contributed by atoms with Crippen LogP contribution in [-0.4, -0.2) is 102 Å². The van der Waals surface area contributed by atoms with Gasteiger partial charge < -0.3 is 48.6 Å². The second-order valence-corrected chi connectivity index (χ2v) is 14.2. The summed E-state index contributed by atoms with van der Waals surface area (Å²) in [5.41, 5.74) is 1.18. The maximum absolute atomic E-state index is 13.1. The average molecular weight is 813 g/mol. The first-order chi connectivity index (χ1) is 26.7. The maximum atomic E-state index is 13.1. The predicted molar refractivity (Wildman–Crippen MR) is 194 cm³/mol. The Kier molecular flexibility index (Phi) is 17.4. The molecule has 1 aliphatic carbocycles. The Hall–Kier alpha value is -4.20. The number of alkyl halides is 2. The molecule has 1 fully saturated rings. The molecule has 0 unspecified atom stereocenters. The number of nitrogens with one attached hydrogen (secondary N) is 1. The van der Waals surface area contributed by atoms with Crippen molar-refractivity contribution >= 4 is 31.6 Å². The Morgan fingerprint density at radius 2 is 1.54 bits per heavy atom. The summed E-state index contributed by atoms with van der Waals surface area (Å²) in [7, 11) is -4.50. The minimum Gasteiger partial charge on any atom is -0.432 e. The molecule has 0 bridgehead atoms. The van der Waals surface area contributed by atoms with Gasteiger partial charge in [-0.1, -0.05) is 0 Å². The highest BCUT2D eigenvalue weighted by Gasteiger charge is 2.39. The lowest BCUT2D eigenvalue weighted by molar-refractivity contribution is -0.160. The Bertz CT molecular complexity index is 1740. The lowest BCUT2D eigenvalue weighted by atomic mass is 9.73. The predicted octanol–water partition coefficient (Wildman–Crippen LogP) is 5.36. The van der Waals surface area contributed by atoms with Crippen molar-refractivity contribution in [2.45, 2.75) is 51.6 Å². The number of pyridine rings is 3. The number of ether oxygens (including phenoxy) is 6. The molecule has 0 amide bonds.